The number of ether oxygens (including phenoxy) is 1. The van der Waals surface area contributed by atoms with Crippen LogP contribution in [-0.4, -0.2) is 34.6 Å². The smallest absolute Gasteiger partial charge is 0.328 e. The minimum Gasteiger partial charge on any atom is -0.467 e. The van der Waals surface area contributed by atoms with Gasteiger partial charge in [0.1, 0.15) is 6.04 Å². The van der Waals surface area contributed by atoms with E-state index in [9.17, 15) is 14.4 Å². The maximum Gasteiger partial charge on any atom is 0.328 e. The third-order valence-corrected chi connectivity index (χ3v) is 5.34. The number of aromatic amines is 1. The number of thiazole rings is 1. The van der Waals surface area contributed by atoms with Crippen LogP contribution in [0.3, 0.4) is 0 Å². The predicted octanol–water partition coefficient (Wildman–Crippen LogP) is 1.99. The highest BCUT2D eigenvalue weighted by atomic mass is 32.1. The van der Waals surface area contributed by atoms with Crippen molar-refractivity contribution < 1.29 is 14.3 Å². The van der Waals surface area contributed by atoms with E-state index in [0.29, 0.717) is 6.42 Å². The number of hydrogen-bond donors (Lipinski definition) is 2. The Labute approximate surface area is 160 Å². The van der Waals surface area contributed by atoms with Crippen molar-refractivity contribution in [3.63, 3.8) is 0 Å². The number of amides is 1. The lowest BCUT2D eigenvalue weighted by Crippen LogP contribution is -2.43. The van der Waals surface area contributed by atoms with Crippen molar-refractivity contribution in [3.8, 4) is 0 Å². The Hall–Kier alpha value is -2.87. The Kier molecular flexibility index (Phi) is 5.75. The molecule has 0 bridgehead atoms. The van der Waals surface area contributed by atoms with Crippen molar-refractivity contribution in [2.75, 3.05) is 7.11 Å². The molecule has 2 N–H and O–H groups in total. The van der Waals surface area contributed by atoms with Crippen LogP contribution in [0.25, 0.3) is 10.9 Å². The zero-order valence-electron chi connectivity index (χ0n) is 15.2. The van der Waals surface area contributed by atoms with Gasteiger partial charge in [-0.3, -0.25) is 9.59 Å². The molecule has 3 aromatic rings. The van der Waals surface area contributed by atoms with Crippen molar-refractivity contribution in [1.82, 2.24) is 14.9 Å². The van der Waals surface area contributed by atoms with Gasteiger partial charge in [-0.1, -0.05) is 29.5 Å². The summed E-state index contributed by atoms with van der Waals surface area (Å²) in [6.45, 7) is 2.10. The molecule has 0 aliphatic rings. The number of hydrogen-bond acceptors (Lipinski definition) is 5. The maximum atomic E-state index is 12.3. The molecule has 0 saturated heterocycles. The van der Waals surface area contributed by atoms with E-state index in [1.165, 1.54) is 7.11 Å². The van der Waals surface area contributed by atoms with Gasteiger partial charge in [0.15, 0.2) is 0 Å². The van der Waals surface area contributed by atoms with Gasteiger partial charge in [0.05, 0.1) is 7.11 Å². The Bertz CT molecular complexity index is 1020. The molecule has 142 valence electrons. The number of fused-ring (bicyclic) bond motifs is 1. The lowest BCUT2D eigenvalue weighted by atomic mass is 10.0. The number of carbonyl (C=O) groups excluding carboxylic acids is 2. The van der Waals surface area contributed by atoms with Gasteiger partial charge < -0.3 is 19.6 Å². The number of carbonyl (C=O) groups is 2. The number of aryl methyl sites for hydroxylation is 1. The lowest BCUT2D eigenvalue weighted by molar-refractivity contribution is -0.145. The van der Waals surface area contributed by atoms with Crippen LogP contribution in [0.2, 0.25) is 0 Å². The highest BCUT2D eigenvalue weighted by Gasteiger charge is 2.23. The minimum atomic E-state index is -0.790. The van der Waals surface area contributed by atoms with Gasteiger partial charge in [0.25, 0.3) is 0 Å². The standard InChI is InChI=1S/C19H21N3O4S/c1-12-11-27-19(25)22(12)8-7-17(23)21-16(18(24)26-2)9-13-10-20-15-6-4-3-5-14(13)15/h3-6,10-11,16,20H,7-9H2,1-2H3,(H,21,23)/t16-/m1/s1. The first-order valence-corrected chi connectivity index (χ1v) is 9.44. The molecule has 0 unspecified atom stereocenters. The molecule has 1 aromatic carbocycles. The van der Waals surface area contributed by atoms with E-state index >= 15 is 0 Å². The first-order chi connectivity index (χ1) is 13.0. The molecule has 0 aliphatic heterocycles. The molecular weight excluding hydrogens is 366 g/mol. The van der Waals surface area contributed by atoms with Crippen molar-refractivity contribution >= 4 is 34.1 Å². The SMILES string of the molecule is COC(=O)[C@@H](Cc1c[nH]c2ccccc12)NC(=O)CCn1c(C)csc1=O. The van der Waals surface area contributed by atoms with Crippen LogP contribution in [-0.2, 0) is 27.3 Å². The van der Waals surface area contributed by atoms with E-state index in [0.717, 1.165) is 33.5 Å². The summed E-state index contributed by atoms with van der Waals surface area (Å²) >= 11 is 1.11. The predicted molar refractivity (Wildman–Crippen MR) is 104 cm³/mol. The molecule has 7 nitrogen and oxygen atoms in total. The number of nitrogens with one attached hydrogen (secondary N) is 2. The Morgan fingerprint density at radius 1 is 1.33 bits per heavy atom. The van der Waals surface area contributed by atoms with E-state index in [1.807, 2.05) is 37.4 Å². The van der Waals surface area contributed by atoms with Gasteiger partial charge in [0, 0.05) is 47.6 Å². The summed E-state index contributed by atoms with van der Waals surface area (Å²) in [7, 11) is 1.30. The third kappa shape index (κ3) is 4.28. The summed E-state index contributed by atoms with van der Waals surface area (Å²) < 4.78 is 6.40. The molecule has 0 saturated carbocycles. The van der Waals surface area contributed by atoms with Gasteiger partial charge >= 0.3 is 10.8 Å². The summed E-state index contributed by atoms with van der Waals surface area (Å²) in [5, 5.41) is 5.49. The Morgan fingerprint density at radius 3 is 2.81 bits per heavy atom. The summed E-state index contributed by atoms with van der Waals surface area (Å²) in [6, 6.07) is 6.97. The van der Waals surface area contributed by atoms with Crippen molar-refractivity contribution in [1.29, 1.82) is 0 Å². The van der Waals surface area contributed by atoms with Gasteiger partial charge in [0.2, 0.25) is 5.91 Å². The van der Waals surface area contributed by atoms with Crippen LogP contribution in [0.1, 0.15) is 17.7 Å². The van der Waals surface area contributed by atoms with Gasteiger partial charge in [-0.2, -0.15) is 0 Å². The molecule has 0 fully saturated rings. The van der Waals surface area contributed by atoms with Gasteiger partial charge in [-0.25, -0.2) is 4.79 Å². The normalized spacial score (nSPS) is 12.1. The number of para-hydroxylation sites is 1. The van der Waals surface area contributed by atoms with Crippen molar-refractivity contribution in [2.45, 2.75) is 32.4 Å². The van der Waals surface area contributed by atoms with E-state index in [1.54, 1.807) is 9.95 Å². The van der Waals surface area contributed by atoms with Gasteiger partial charge in [-0.05, 0) is 18.6 Å². The topological polar surface area (TPSA) is 93.2 Å². The fraction of sp³-hybridized carbons (Fsp3) is 0.316. The molecule has 0 spiro atoms. The highest BCUT2D eigenvalue weighted by molar-refractivity contribution is 7.07. The van der Waals surface area contributed by atoms with Crippen LogP contribution in [0.5, 0.6) is 0 Å². The molecule has 3 rings (SSSR count). The van der Waals surface area contributed by atoms with Crippen LogP contribution in [0.15, 0.2) is 40.6 Å². The summed E-state index contributed by atoms with van der Waals surface area (Å²) in [5.41, 5.74) is 2.71. The fourth-order valence-electron chi connectivity index (χ4n) is 3.01. The molecule has 1 amide bonds. The second-order valence-electron chi connectivity index (χ2n) is 6.25. The van der Waals surface area contributed by atoms with Gasteiger partial charge in [-0.15, -0.1) is 0 Å². The molecule has 0 aliphatic carbocycles. The summed E-state index contributed by atoms with van der Waals surface area (Å²) in [5.74, 6) is -0.805. The molecular formula is C19H21N3O4S. The van der Waals surface area contributed by atoms with E-state index in [2.05, 4.69) is 10.3 Å². The van der Waals surface area contributed by atoms with Crippen LogP contribution >= 0.6 is 11.3 Å². The fourth-order valence-corrected chi connectivity index (χ4v) is 3.77. The number of rotatable bonds is 7. The van der Waals surface area contributed by atoms with Crippen molar-refractivity contribution in [3.05, 3.63) is 56.8 Å². The summed E-state index contributed by atoms with van der Waals surface area (Å²) in [4.78, 5) is 39.3. The quantitative estimate of drug-likeness (QED) is 0.607. The zero-order valence-corrected chi connectivity index (χ0v) is 16.0. The molecule has 27 heavy (non-hydrogen) atoms. The van der Waals surface area contributed by atoms with Crippen LogP contribution in [0.4, 0.5) is 0 Å². The zero-order chi connectivity index (χ0) is 19.4. The molecule has 2 aromatic heterocycles. The van der Waals surface area contributed by atoms with Crippen molar-refractivity contribution in [2.24, 2.45) is 0 Å². The first-order valence-electron chi connectivity index (χ1n) is 8.56. The molecule has 0 radical (unpaired) electrons. The number of benzene rings is 1. The maximum absolute atomic E-state index is 12.3. The van der Waals surface area contributed by atoms with Crippen LogP contribution in [0, 0.1) is 6.92 Å². The monoisotopic (exact) mass is 387 g/mol. The number of methoxy groups -OCH3 is 1. The number of aromatic nitrogens is 2. The average Bonchev–Trinajstić information content (AvgIpc) is 3.22. The third-order valence-electron chi connectivity index (χ3n) is 4.46. The molecule has 2 heterocycles. The lowest BCUT2D eigenvalue weighted by Gasteiger charge is -2.16. The average molecular weight is 387 g/mol. The van der Waals surface area contributed by atoms with Crippen LogP contribution < -0.4 is 10.2 Å². The largest absolute Gasteiger partial charge is 0.467 e. The Balaban J connectivity index is 1.68. The van der Waals surface area contributed by atoms with E-state index in [4.69, 9.17) is 4.74 Å². The Morgan fingerprint density at radius 2 is 2.11 bits per heavy atom. The number of nitrogens with zero attached hydrogens (tertiary/aromatic N) is 1. The minimum absolute atomic E-state index is 0.0939. The number of esters is 1. The molecule has 8 heteroatoms. The molecule has 1 atom stereocenters. The second kappa shape index (κ2) is 8.22. The number of H-pyrrole nitrogens is 1. The summed E-state index contributed by atoms with van der Waals surface area (Å²) in [6.07, 6.45) is 2.26. The van der Waals surface area contributed by atoms with E-state index < -0.39 is 12.0 Å². The second-order valence-corrected chi connectivity index (χ2v) is 7.07. The first kappa shape index (κ1) is 18.9. The highest BCUT2D eigenvalue weighted by Crippen LogP contribution is 2.19. The van der Waals surface area contributed by atoms with E-state index in [-0.39, 0.29) is 23.7 Å².